The summed E-state index contributed by atoms with van der Waals surface area (Å²) in [5.74, 6) is 0.646. The Kier molecular flexibility index (Phi) is 4.35. The van der Waals surface area contributed by atoms with Crippen LogP contribution in [0.3, 0.4) is 0 Å². The highest BCUT2D eigenvalue weighted by molar-refractivity contribution is 6.31. The highest BCUT2D eigenvalue weighted by atomic mass is 35.5. The van der Waals surface area contributed by atoms with Crippen LogP contribution in [0.1, 0.15) is 11.1 Å². The van der Waals surface area contributed by atoms with Crippen molar-refractivity contribution < 1.29 is 9.26 Å². The van der Waals surface area contributed by atoms with Crippen LogP contribution in [0.5, 0.6) is 5.75 Å². The number of halogens is 1. The Labute approximate surface area is 137 Å². The summed E-state index contributed by atoms with van der Waals surface area (Å²) in [7, 11) is 0. The Morgan fingerprint density at radius 1 is 1.17 bits per heavy atom. The number of rotatable bonds is 4. The van der Waals surface area contributed by atoms with Gasteiger partial charge in [-0.25, -0.2) is 9.95 Å². The van der Waals surface area contributed by atoms with Crippen molar-refractivity contribution in [2.75, 3.05) is 0 Å². The number of H-pyrrole nitrogens is 1. The highest BCUT2D eigenvalue weighted by Gasteiger charge is 2.05. The van der Waals surface area contributed by atoms with E-state index in [0.29, 0.717) is 27.9 Å². The average Bonchev–Trinajstić information content (AvgIpc) is 2.87. The fraction of sp³-hybridized carbons (Fsp3) is 0.0556. The third kappa shape index (κ3) is 3.38. The molecule has 0 bridgehead atoms. The Morgan fingerprint density at radius 2 is 1.91 bits per heavy atom. The molecule has 0 fully saturated rings. The van der Waals surface area contributed by atoms with Gasteiger partial charge >= 0.3 is 5.63 Å². The van der Waals surface area contributed by atoms with Gasteiger partial charge in [0.25, 0.3) is 0 Å². The number of ether oxygens (including phenoxy) is 1. The highest BCUT2D eigenvalue weighted by Crippen LogP contribution is 2.22. The van der Waals surface area contributed by atoms with E-state index in [4.69, 9.17) is 20.9 Å². The van der Waals surface area contributed by atoms with Gasteiger partial charge in [-0.1, -0.05) is 54.6 Å². The molecule has 116 valence electrons. The SMILES string of the molecule is C=c1[nH]oc(=O)c1=Cc1ccccc1OCc1ccccc1Cl. The third-order valence-corrected chi connectivity index (χ3v) is 3.74. The normalized spacial score (nSPS) is 11.6. The molecule has 1 N–H and O–H groups in total. The molecule has 0 atom stereocenters. The van der Waals surface area contributed by atoms with E-state index in [9.17, 15) is 4.79 Å². The van der Waals surface area contributed by atoms with Crippen LogP contribution in [0, 0.1) is 0 Å². The van der Waals surface area contributed by atoms with Gasteiger partial charge in [0.15, 0.2) is 0 Å². The fourth-order valence-corrected chi connectivity index (χ4v) is 2.34. The minimum atomic E-state index is -0.462. The van der Waals surface area contributed by atoms with Crippen LogP contribution in [0.4, 0.5) is 0 Å². The van der Waals surface area contributed by atoms with Crippen molar-refractivity contribution in [3.05, 3.63) is 85.7 Å². The van der Waals surface area contributed by atoms with E-state index >= 15 is 0 Å². The summed E-state index contributed by atoms with van der Waals surface area (Å²) >= 11 is 6.13. The summed E-state index contributed by atoms with van der Waals surface area (Å²) in [4.78, 5) is 11.7. The van der Waals surface area contributed by atoms with E-state index in [-0.39, 0.29) is 0 Å². The second-order valence-electron chi connectivity index (χ2n) is 4.95. The van der Waals surface area contributed by atoms with Crippen molar-refractivity contribution in [1.29, 1.82) is 0 Å². The summed E-state index contributed by atoms with van der Waals surface area (Å²) in [6.07, 6.45) is 1.69. The van der Waals surface area contributed by atoms with Gasteiger partial charge in [0, 0.05) is 16.1 Å². The molecule has 0 amide bonds. The summed E-state index contributed by atoms with van der Waals surface area (Å²) in [5, 5.41) is 3.91. The molecule has 2 aromatic carbocycles. The van der Waals surface area contributed by atoms with Crippen LogP contribution in [0.15, 0.2) is 57.8 Å². The smallest absolute Gasteiger partial charge is 0.365 e. The van der Waals surface area contributed by atoms with Gasteiger partial charge in [-0.2, -0.15) is 0 Å². The second kappa shape index (κ2) is 6.58. The zero-order chi connectivity index (χ0) is 16.2. The first-order valence-electron chi connectivity index (χ1n) is 6.98. The largest absolute Gasteiger partial charge is 0.488 e. The first kappa shape index (κ1) is 15.2. The van der Waals surface area contributed by atoms with Crippen LogP contribution >= 0.6 is 11.6 Å². The van der Waals surface area contributed by atoms with E-state index in [2.05, 4.69) is 11.7 Å². The van der Waals surface area contributed by atoms with Crippen LogP contribution in [0.2, 0.25) is 5.02 Å². The Hall–Kier alpha value is -2.72. The second-order valence-corrected chi connectivity index (χ2v) is 5.35. The van der Waals surface area contributed by atoms with Gasteiger partial charge in [-0.05, 0) is 18.2 Å². The molecule has 0 aliphatic heterocycles. The number of hydrogen-bond donors (Lipinski definition) is 1. The number of hydrogen-bond acceptors (Lipinski definition) is 3. The zero-order valence-electron chi connectivity index (χ0n) is 12.2. The Morgan fingerprint density at radius 3 is 2.65 bits per heavy atom. The van der Waals surface area contributed by atoms with Crippen molar-refractivity contribution in [3.8, 4) is 5.75 Å². The molecule has 0 aliphatic rings. The van der Waals surface area contributed by atoms with Crippen LogP contribution in [-0.2, 0) is 6.61 Å². The molecule has 3 rings (SSSR count). The molecule has 0 aliphatic carbocycles. The number of aromatic amines is 1. The minimum Gasteiger partial charge on any atom is -0.488 e. The van der Waals surface area contributed by atoms with Crippen molar-refractivity contribution in [2.24, 2.45) is 0 Å². The van der Waals surface area contributed by atoms with Gasteiger partial charge in [-0.3, -0.25) is 0 Å². The van der Waals surface area contributed by atoms with Gasteiger partial charge in [0.1, 0.15) is 12.4 Å². The van der Waals surface area contributed by atoms with Gasteiger partial charge in [0.2, 0.25) is 0 Å². The van der Waals surface area contributed by atoms with Gasteiger partial charge in [0.05, 0.1) is 10.6 Å². The van der Waals surface area contributed by atoms with Gasteiger partial charge in [-0.15, -0.1) is 0 Å². The van der Waals surface area contributed by atoms with Crippen molar-refractivity contribution in [1.82, 2.24) is 5.16 Å². The van der Waals surface area contributed by atoms with E-state index in [1.807, 2.05) is 48.5 Å². The van der Waals surface area contributed by atoms with E-state index < -0.39 is 5.63 Å². The molecule has 1 aromatic heterocycles. The van der Waals surface area contributed by atoms with E-state index in [1.54, 1.807) is 6.08 Å². The molecular formula is C18H14ClNO3. The molecule has 0 spiro atoms. The van der Waals surface area contributed by atoms with E-state index in [0.717, 1.165) is 11.1 Å². The predicted octanol–water partition coefficient (Wildman–Crippen LogP) is 2.44. The quantitative estimate of drug-likeness (QED) is 0.800. The van der Waals surface area contributed by atoms with Crippen LogP contribution in [0.25, 0.3) is 12.7 Å². The van der Waals surface area contributed by atoms with Crippen molar-refractivity contribution in [2.45, 2.75) is 6.61 Å². The fourth-order valence-electron chi connectivity index (χ4n) is 2.14. The molecule has 5 heteroatoms. The summed E-state index contributed by atoms with van der Waals surface area (Å²) in [6.45, 7) is 4.07. The maximum atomic E-state index is 11.7. The molecular weight excluding hydrogens is 314 g/mol. The standard InChI is InChI=1S/C18H14ClNO3/c1-12-15(18(21)23-20-12)10-13-6-3-5-9-17(13)22-11-14-7-2-4-8-16(14)19/h2-10,20H,1,11H2. The van der Waals surface area contributed by atoms with Gasteiger partial charge < -0.3 is 9.26 Å². The molecule has 0 saturated heterocycles. The maximum absolute atomic E-state index is 11.7. The number of benzene rings is 2. The first-order chi connectivity index (χ1) is 11.1. The molecule has 4 nitrogen and oxygen atoms in total. The third-order valence-electron chi connectivity index (χ3n) is 3.37. The Balaban J connectivity index is 1.93. The zero-order valence-corrected chi connectivity index (χ0v) is 13.0. The summed E-state index contributed by atoms with van der Waals surface area (Å²) in [5.41, 5.74) is 1.19. The number of para-hydroxylation sites is 1. The lowest BCUT2D eigenvalue weighted by atomic mass is 10.1. The van der Waals surface area contributed by atoms with E-state index in [1.165, 1.54) is 0 Å². The van der Waals surface area contributed by atoms with Crippen LogP contribution < -0.4 is 20.9 Å². The number of aromatic nitrogens is 1. The number of nitrogens with one attached hydrogen (secondary N) is 1. The molecule has 0 radical (unpaired) electrons. The summed E-state index contributed by atoms with van der Waals surface area (Å²) < 4.78 is 10.6. The molecule has 3 aromatic rings. The first-order valence-corrected chi connectivity index (χ1v) is 7.36. The lowest BCUT2D eigenvalue weighted by Gasteiger charge is -2.10. The molecule has 0 saturated carbocycles. The Bertz CT molecular complexity index is 957. The lowest BCUT2D eigenvalue weighted by Crippen LogP contribution is -2.31. The predicted molar refractivity (Wildman–Crippen MR) is 89.9 cm³/mol. The minimum absolute atomic E-state index is 0.337. The van der Waals surface area contributed by atoms with Crippen molar-refractivity contribution in [3.63, 3.8) is 0 Å². The maximum Gasteiger partial charge on any atom is 0.365 e. The molecule has 0 unspecified atom stereocenters. The summed E-state index contributed by atoms with van der Waals surface area (Å²) in [6, 6.07) is 14.9. The average molecular weight is 328 g/mol. The lowest BCUT2D eigenvalue weighted by molar-refractivity contribution is 0.305. The molecule has 1 heterocycles. The monoisotopic (exact) mass is 327 g/mol. The van der Waals surface area contributed by atoms with Crippen LogP contribution in [-0.4, -0.2) is 5.16 Å². The topological polar surface area (TPSA) is 55.2 Å². The van der Waals surface area contributed by atoms with Crippen molar-refractivity contribution >= 4 is 24.3 Å². The molecule has 23 heavy (non-hydrogen) atoms.